The number of pyridine rings is 1. The summed E-state index contributed by atoms with van der Waals surface area (Å²) in [6.07, 6.45) is 1.60. The molecule has 1 aromatic carbocycles. The first-order valence-corrected chi connectivity index (χ1v) is 5.40. The zero-order valence-electron chi connectivity index (χ0n) is 9.51. The van der Waals surface area contributed by atoms with Crippen LogP contribution in [0.25, 0.3) is 0 Å². The number of nitrogens with one attached hydrogen (secondary N) is 2. The van der Waals surface area contributed by atoms with Crippen molar-refractivity contribution in [3.05, 3.63) is 64.1 Å². The fourth-order valence-electron chi connectivity index (χ4n) is 1.57. The summed E-state index contributed by atoms with van der Waals surface area (Å²) in [5, 5.41) is 12.0. The Morgan fingerprint density at radius 2 is 2.00 bits per heavy atom. The Labute approximate surface area is 103 Å². The van der Waals surface area contributed by atoms with Crippen LogP contribution in [-0.4, -0.2) is 16.1 Å². The molecule has 18 heavy (non-hydrogen) atoms. The fraction of sp³-hybridized carbons (Fsp3) is 0.0769. The number of H-pyrrole nitrogens is 1. The largest absolute Gasteiger partial charge is 0.478 e. The molecule has 2 aromatic rings. The number of hydrogen-bond donors (Lipinski definition) is 3. The van der Waals surface area contributed by atoms with Gasteiger partial charge in [0.25, 0.3) is 0 Å². The Hall–Kier alpha value is -2.56. The Bertz CT molecular complexity index is 599. The summed E-state index contributed by atoms with van der Waals surface area (Å²) in [4.78, 5) is 24.4. The van der Waals surface area contributed by atoms with Crippen LogP contribution in [0, 0.1) is 0 Å². The maximum absolute atomic E-state index is 11.0. The highest BCUT2D eigenvalue weighted by Gasteiger charge is 2.08. The smallest absolute Gasteiger partial charge is 0.337 e. The third kappa shape index (κ3) is 2.76. The van der Waals surface area contributed by atoms with Crippen molar-refractivity contribution in [1.29, 1.82) is 0 Å². The average molecular weight is 244 g/mol. The van der Waals surface area contributed by atoms with Gasteiger partial charge in [0.1, 0.15) is 0 Å². The number of carbonyl (C=O) groups is 1. The number of carboxylic acids is 1. The molecular weight excluding hydrogens is 232 g/mol. The SMILES string of the molecule is O=C(O)c1ccccc1NCc1ccc(=O)[nH]c1. The van der Waals surface area contributed by atoms with Crippen LogP contribution >= 0.6 is 0 Å². The fourth-order valence-corrected chi connectivity index (χ4v) is 1.57. The summed E-state index contributed by atoms with van der Waals surface area (Å²) < 4.78 is 0. The average Bonchev–Trinajstić information content (AvgIpc) is 2.38. The maximum atomic E-state index is 11.0. The monoisotopic (exact) mass is 244 g/mol. The third-order valence-electron chi connectivity index (χ3n) is 2.49. The Kier molecular flexibility index (Phi) is 3.43. The van der Waals surface area contributed by atoms with Gasteiger partial charge in [-0.2, -0.15) is 0 Å². The second-order valence-corrected chi connectivity index (χ2v) is 3.77. The van der Waals surface area contributed by atoms with Gasteiger partial charge >= 0.3 is 5.97 Å². The lowest BCUT2D eigenvalue weighted by Crippen LogP contribution is -2.08. The van der Waals surface area contributed by atoms with E-state index in [1.807, 2.05) is 0 Å². The molecule has 1 heterocycles. The van der Waals surface area contributed by atoms with Gasteiger partial charge in [-0.15, -0.1) is 0 Å². The Morgan fingerprint density at radius 3 is 2.67 bits per heavy atom. The van der Waals surface area contributed by atoms with E-state index in [1.54, 1.807) is 30.5 Å². The lowest BCUT2D eigenvalue weighted by atomic mass is 10.1. The molecule has 0 radical (unpaired) electrons. The number of para-hydroxylation sites is 1. The second-order valence-electron chi connectivity index (χ2n) is 3.77. The molecule has 0 saturated heterocycles. The molecule has 2 rings (SSSR count). The van der Waals surface area contributed by atoms with Crippen LogP contribution in [0.15, 0.2) is 47.4 Å². The minimum atomic E-state index is -0.973. The molecular formula is C13H12N2O3. The predicted octanol–water partition coefficient (Wildman–Crippen LogP) is 1.69. The number of anilines is 1. The van der Waals surface area contributed by atoms with Gasteiger partial charge < -0.3 is 15.4 Å². The van der Waals surface area contributed by atoms with E-state index >= 15 is 0 Å². The van der Waals surface area contributed by atoms with Gasteiger partial charge in [-0.25, -0.2) is 4.79 Å². The van der Waals surface area contributed by atoms with Crippen LogP contribution < -0.4 is 10.9 Å². The number of hydrogen-bond acceptors (Lipinski definition) is 3. The maximum Gasteiger partial charge on any atom is 0.337 e. The van der Waals surface area contributed by atoms with Crippen LogP contribution in [-0.2, 0) is 6.54 Å². The van der Waals surface area contributed by atoms with E-state index < -0.39 is 5.97 Å². The van der Waals surface area contributed by atoms with Gasteiger partial charge in [0.15, 0.2) is 0 Å². The molecule has 5 heteroatoms. The summed E-state index contributed by atoms with van der Waals surface area (Å²) >= 11 is 0. The zero-order valence-corrected chi connectivity index (χ0v) is 9.51. The normalized spacial score (nSPS) is 10.0. The van der Waals surface area contributed by atoms with Gasteiger partial charge in [0.2, 0.25) is 5.56 Å². The molecule has 0 amide bonds. The van der Waals surface area contributed by atoms with E-state index in [0.29, 0.717) is 12.2 Å². The van der Waals surface area contributed by atoms with Gasteiger partial charge in [-0.05, 0) is 17.7 Å². The zero-order chi connectivity index (χ0) is 13.0. The van der Waals surface area contributed by atoms with E-state index in [9.17, 15) is 9.59 Å². The van der Waals surface area contributed by atoms with Crippen molar-refractivity contribution in [2.45, 2.75) is 6.54 Å². The van der Waals surface area contributed by atoms with Crippen LogP contribution in [0.2, 0.25) is 0 Å². The van der Waals surface area contributed by atoms with E-state index in [4.69, 9.17) is 5.11 Å². The molecule has 0 unspecified atom stereocenters. The first-order valence-electron chi connectivity index (χ1n) is 5.40. The number of carboxylic acid groups (broad SMARTS) is 1. The van der Waals surface area contributed by atoms with Crippen LogP contribution in [0.1, 0.15) is 15.9 Å². The molecule has 5 nitrogen and oxygen atoms in total. The first kappa shape index (κ1) is 11.9. The number of benzene rings is 1. The van der Waals surface area contributed by atoms with Crippen molar-refractivity contribution in [2.75, 3.05) is 5.32 Å². The topological polar surface area (TPSA) is 82.2 Å². The van der Waals surface area contributed by atoms with Crippen LogP contribution in [0.4, 0.5) is 5.69 Å². The first-order chi connectivity index (χ1) is 8.66. The molecule has 0 aliphatic carbocycles. The number of aromatic amines is 1. The van der Waals surface area contributed by atoms with E-state index in [2.05, 4.69) is 10.3 Å². The quantitative estimate of drug-likeness (QED) is 0.764. The molecule has 0 bridgehead atoms. The summed E-state index contributed by atoms with van der Waals surface area (Å²) in [6, 6.07) is 9.80. The van der Waals surface area contributed by atoms with Crippen LogP contribution in [0.5, 0.6) is 0 Å². The highest BCUT2D eigenvalue weighted by atomic mass is 16.4. The molecule has 3 N–H and O–H groups in total. The standard InChI is InChI=1S/C13H12N2O3/c16-12-6-5-9(8-15-12)7-14-11-4-2-1-3-10(11)13(17)18/h1-6,8,14H,7H2,(H,15,16)(H,17,18). The van der Waals surface area contributed by atoms with Gasteiger partial charge in [-0.1, -0.05) is 18.2 Å². The van der Waals surface area contributed by atoms with Crippen molar-refractivity contribution in [1.82, 2.24) is 4.98 Å². The lowest BCUT2D eigenvalue weighted by molar-refractivity contribution is 0.0698. The summed E-state index contributed by atoms with van der Waals surface area (Å²) in [5.41, 5.74) is 1.48. The number of rotatable bonds is 4. The molecule has 0 fully saturated rings. The Balaban J connectivity index is 2.13. The number of aromatic nitrogens is 1. The van der Waals surface area contributed by atoms with E-state index in [1.165, 1.54) is 12.1 Å². The van der Waals surface area contributed by atoms with Crippen molar-refractivity contribution in [3.8, 4) is 0 Å². The van der Waals surface area contributed by atoms with Gasteiger partial charge in [0, 0.05) is 24.5 Å². The van der Waals surface area contributed by atoms with Crippen molar-refractivity contribution < 1.29 is 9.90 Å². The molecule has 0 atom stereocenters. The highest BCUT2D eigenvalue weighted by molar-refractivity contribution is 5.94. The predicted molar refractivity (Wildman–Crippen MR) is 67.8 cm³/mol. The second kappa shape index (κ2) is 5.18. The summed E-state index contributed by atoms with van der Waals surface area (Å²) in [6.45, 7) is 0.446. The summed E-state index contributed by atoms with van der Waals surface area (Å²) in [7, 11) is 0. The molecule has 0 aliphatic rings. The summed E-state index contributed by atoms with van der Waals surface area (Å²) in [5.74, 6) is -0.973. The molecule has 0 spiro atoms. The third-order valence-corrected chi connectivity index (χ3v) is 2.49. The highest BCUT2D eigenvalue weighted by Crippen LogP contribution is 2.15. The van der Waals surface area contributed by atoms with E-state index in [-0.39, 0.29) is 11.1 Å². The minimum absolute atomic E-state index is 0.162. The molecule has 0 saturated carbocycles. The molecule has 0 aliphatic heterocycles. The van der Waals surface area contributed by atoms with Gasteiger partial charge in [-0.3, -0.25) is 4.79 Å². The van der Waals surface area contributed by atoms with Crippen molar-refractivity contribution in [2.24, 2.45) is 0 Å². The van der Waals surface area contributed by atoms with Crippen molar-refractivity contribution in [3.63, 3.8) is 0 Å². The van der Waals surface area contributed by atoms with Crippen molar-refractivity contribution >= 4 is 11.7 Å². The Morgan fingerprint density at radius 1 is 1.22 bits per heavy atom. The lowest BCUT2D eigenvalue weighted by Gasteiger charge is -2.09. The van der Waals surface area contributed by atoms with Crippen LogP contribution in [0.3, 0.4) is 0 Å². The van der Waals surface area contributed by atoms with E-state index in [0.717, 1.165) is 5.56 Å². The number of aromatic carboxylic acids is 1. The molecule has 1 aromatic heterocycles. The minimum Gasteiger partial charge on any atom is -0.478 e. The molecule has 92 valence electrons. The van der Waals surface area contributed by atoms with Gasteiger partial charge in [0.05, 0.1) is 5.56 Å².